The first kappa shape index (κ1) is 21.0. The summed E-state index contributed by atoms with van der Waals surface area (Å²) in [5.74, 6) is -0.265. The number of hydrogen-bond donors (Lipinski definition) is 0. The van der Waals surface area contributed by atoms with Crippen LogP contribution in [0.5, 0.6) is 0 Å². The molecule has 1 fully saturated rings. The van der Waals surface area contributed by atoms with E-state index in [0.717, 1.165) is 5.76 Å². The number of ketones is 2. The van der Waals surface area contributed by atoms with Crippen molar-refractivity contribution < 1.29 is 23.5 Å². The van der Waals surface area contributed by atoms with Crippen LogP contribution >= 0.6 is 0 Å². The fourth-order valence-corrected chi connectivity index (χ4v) is 3.93. The number of furan rings is 1. The van der Waals surface area contributed by atoms with Gasteiger partial charge in [-0.1, -0.05) is 0 Å². The molecule has 31 heavy (non-hydrogen) atoms. The topological polar surface area (TPSA) is 96.2 Å². The molecule has 9 heteroatoms. The van der Waals surface area contributed by atoms with Gasteiger partial charge >= 0.3 is 0 Å². The Hall–Kier alpha value is -3.30. The molecule has 4 rings (SSSR count). The number of aromatic nitrogens is 1. The van der Waals surface area contributed by atoms with Gasteiger partial charge in [-0.2, -0.15) is 0 Å². The highest BCUT2D eigenvalue weighted by Crippen LogP contribution is 2.30. The van der Waals surface area contributed by atoms with Gasteiger partial charge in [0.25, 0.3) is 5.91 Å². The highest BCUT2D eigenvalue weighted by atomic mass is 16.5. The fourth-order valence-electron chi connectivity index (χ4n) is 3.93. The lowest BCUT2D eigenvalue weighted by Crippen LogP contribution is -2.49. The second kappa shape index (κ2) is 8.83. The number of hydrogen-bond acceptors (Lipinski definition) is 8. The van der Waals surface area contributed by atoms with E-state index in [2.05, 4.69) is 9.88 Å². The minimum absolute atomic E-state index is 0.0535. The standard InChI is InChI=1S/C22H24N4O5/c1-24(17(27)14-30-2)19-20(21(28)16-6-3-7-23-18(16)22(19)29)26-10-8-25(9-11-26)13-15-5-4-12-31-15/h3-7,12H,8-11,13-14H2,1-2H3. The number of piperazine rings is 1. The van der Waals surface area contributed by atoms with E-state index in [1.165, 1.54) is 25.3 Å². The van der Waals surface area contributed by atoms with Crippen LogP contribution < -0.4 is 0 Å². The minimum Gasteiger partial charge on any atom is -0.468 e. The Labute approximate surface area is 179 Å². The average molecular weight is 424 g/mol. The van der Waals surface area contributed by atoms with Gasteiger partial charge in [0.1, 0.15) is 29.5 Å². The number of methoxy groups -OCH3 is 1. The zero-order valence-corrected chi connectivity index (χ0v) is 17.5. The Kier molecular flexibility index (Phi) is 5.97. The van der Waals surface area contributed by atoms with Crippen LogP contribution in [0.25, 0.3) is 0 Å². The summed E-state index contributed by atoms with van der Waals surface area (Å²) in [6.07, 6.45) is 3.12. The summed E-state index contributed by atoms with van der Waals surface area (Å²) in [6.45, 7) is 2.95. The average Bonchev–Trinajstić information content (AvgIpc) is 3.29. The quantitative estimate of drug-likeness (QED) is 0.682. The van der Waals surface area contributed by atoms with Crippen LogP contribution in [-0.4, -0.2) is 84.1 Å². The molecule has 2 aliphatic rings. The predicted molar refractivity (Wildman–Crippen MR) is 110 cm³/mol. The van der Waals surface area contributed by atoms with Crippen LogP contribution in [0.2, 0.25) is 0 Å². The maximum atomic E-state index is 13.4. The number of ether oxygens (including phenoxy) is 1. The van der Waals surface area contributed by atoms with E-state index >= 15 is 0 Å². The van der Waals surface area contributed by atoms with Crippen molar-refractivity contribution in [1.82, 2.24) is 19.7 Å². The summed E-state index contributed by atoms with van der Waals surface area (Å²) in [6, 6.07) is 7.02. The fraction of sp³-hybridized carbons (Fsp3) is 0.364. The number of carbonyl (C=O) groups excluding carboxylic acids is 3. The number of Topliss-reactive ketones (excluding diaryl/α,β-unsaturated/α-hetero) is 2. The monoisotopic (exact) mass is 424 g/mol. The number of likely N-dealkylation sites (N-methyl/N-ethyl adjacent to an activating group) is 1. The zero-order valence-electron chi connectivity index (χ0n) is 17.5. The Balaban J connectivity index is 1.64. The molecule has 9 nitrogen and oxygen atoms in total. The third-order valence-electron chi connectivity index (χ3n) is 5.55. The van der Waals surface area contributed by atoms with Gasteiger partial charge in [0.05, 0.1) is 18.4 Å². The smallest absolute Gasteiger partial charge is 0.252 e. The van der Waals surface area contributed by atoms with E-state index < -0.39 is 11.7 Å². The lowest BCUT2D eigenvalue weighted by Gasteiger charge is -2.39. The SMILES string of the molecule is COCC(=O)N(C)C1=C(N2CCN(Cc3ccco3)CC2)C(=O)c2cccnc2C1=O. The molecule has 0 unspecified atom stereocenters. The van der Waals surface area contributed by atoms with Gasteiger partial charge in [-0.05, 0) is 24.3 Å². The highest BCUT2D eigenvalue weighted by molar-refractivity contribution is 6.26. The van der Waals surface area contributed by atoms with Crippen LogP contribution in [0, 0.1) is 0 Å². The molecular formula is C22H24N4O5. The minimum atomic E-state index is -0.435. The van der Waals surface area contributed by atoms with E-state index in [-0.39, 0.29) is 35.0 Å². The van der Waals surface area contributed by atoms with Gasteiger partial charge in [-0.15, -0.1) is 0 Å². The Morgan fingerprint density at radius 3 is 2.61 bits per heavy atom. The molecule has 0 N–H and O–H groups in total. The number of rotatable bonds is 6. The van der Waals surface area contributed by atoms with E-state index in [9.17, 15) is 14.4 Å². The number of carbonyl (C=O) groups is 3. The van der Waals surface area contributed by atoms with Crippen molar-refractivity contribution in [2.45, 2.75) is 6.54 Å². The molecule has 1 aliphatic carbocycles. The highest BCUT2D eigenvalue weighted by Gasteiger charge is 2.40. The first-order valence-corrected chi connectivity index (χ1v) is 10.0. The van der Waals surface area contributed by atoms with Gasteiger partial charge in [-0.3, -0.25) is 24.3 Å². The Morgan fingerprint density at radius 1 is 1.16 bits per heavy atom. The molecule has 2 aromatic heterocycles. The number of nitrogens with zero attached hydrogens (tertiary/aromatic N) is 4. The Bertz CT molecular complexity index is 1020. The number of pyridine rings is 1. The van der Waals surface area contributed by atoms with Crippen molar-refractivity contribution in [1.29, 1.82) is 0 Å². The number of amides is 1. The van der Waals surface area contributed by atoms with Crippen molar-refractivity contribution in [3.8, 4) is 0 Å². The third kappa shape index (κ3) is 4.01. The van der Waals surface area contributed by atoms with Gasteiger partial charge in [0, 0.05) is 46.5 Å². The molecule has 0 radical (unpaired) electrons. The molecule has 1 aliphatic heterocycles. The molecule has 0 spiro atoms. The second-order valence-electron chi connectivity index (χ2n) is 7.48. The van der Waals surface area contributed by atoms with E-state index in [0.29, 0.717) is 32.7 Å². The van der Waals surface area contributed by atoms with Gasteiger partial charge in [0.15, 0.2) is 0 Å². The maximum Gasteiger partial charge on any atom is 0.252 e. The molecule has 1 saturated heterocycles. The Morgan fingerprint density at radius 2 is 1.94 bits per heavy atom. The summed E-state index contributed by atoms with van der Waals surface area (Å²) >= 11 is 0. The first-order chi connectivity index (χ1) is 15.0. The van der Waals surface area contributed by atoms with Crippen LogP contribution in [0.4, 0.5) is 0 Å². The molecule has 0 saturated carbocycles. The molecule has 0 bridgehead atoms. The van der Waals surface area contributed by atoms with E-state index in [1.54, 1.807) is 18.4 Å². The number of allylic oxidation sites excluding steroid dienone is 2. The molecule has 2 aromatic rings. The van der Waals surface area contributed by atoms with Crippen LogP contribution in [0.15, 0.2) is 52.5 Å². The largest absolute Gasteiger partial charge is 0.468 e. The van der Waals surface area contributed by atoms with Crippen molar-refractivity contribution in [2.75, 3.05) is 46.9 Å². The van der Waals surface area contributed by atoms with Crippen LogP contribution in [0.3, 0.4) is 0 Å². The maximum absolute atomic E-state index is 13.4. The molecule has 0 aromatic carbocycles. The summed E-state index contributed by atoms with van der Waals surface area (Å²) in [4.78, 5) is 48.6. The van der Waals surface area contributed by atoms with Gasteiger partial charge < -0.3 is 19.0 Å². The van der Waals surface area contributed by atoms with Crippen LogP contribution in [-0.2, 0) is 16.1 Å². The normalized spacial score (nSPS) is 17.2. The first-order valence-electron chi connectivity index (χ1n) is 10.0. The van der Waals surface area contributed by atoms with Gasteiger partial charge in [-0.25, -0.2) is 0 Å². The van der Waals surface area contributed by atoms with Crippen molar-refractivity contribution in [3.63, 3.8) is 0 Å². The predicted octanol–water partition coefficient (Wildman–Crippen LogP) is 1.19. The molecule has 1 amide bonds. The third-order valence-corrected chi connectivity index (χ3v) is 5.55. The van der Waals surface area contributed by atoms with E-state index in [4.69, 9.17) is 9.15 Å². The lowest BCUT2D eigenvalue weighted by molar-refractivity contribution is -0.131. The van der Waals surface area contributed by atoms with Crippen molar-refractivity contribution in [2.24, 2.45) is 0 Å². The molecule has 162 valence electrons. The summed E-state index contributed by atoms with van der Waals surface area (Å²) in [7, 11) is 2.90. The zero-order chi connectivity index (χ0) is 22.0. The lowest BCUT2D eigenvalue weighted by atomic mass is 9.92. The van der Waals surface area contributed by atoms with Crippen molar-refractivity contribution >= 4 is 17.5 Å². The van der Waals surface area contributed by atoms with E-state index in [1.807, 2.05) is 17.0 Å². The summed E-state index contributed by atoms with van der Waals surface area (Å²) in [5.41, 5.74) is 0.629. The van der Waals surface area contributed by atoms with Gasteiger partial charge in [0.2, 0.25) is 11.6 Å². The molecular weight excluding hydrogens is 400 g/mol. The molecule has 0 atom stereocenters. The second-order valence-corrected chi connectivity index (χ2v) is 7.48. The van der Waals surface area contributed by atoms with Crippen LogP contribution in [0.1, 0.15) is 26.6 Å². The summed E-state index contributed by atoms with van der Waals surface area (Å²) in [5, 5.41) is 0. The van der Waals surface area contributed by atoms with Crippen molar-refractivity contribution in [3.05, 3.63) is 65.1 Å². The summed E-state index contributed by atoms with van der Waals surface area (Å²) < 4.78 is 10.4. The number of fused-ring (bicyclic) bond motifs is 1. The molecule has 3 heterocycles.